The molecule has 0 aromatic heterocycles. The molecular weight excluding hydrogens is 262 g/mol. The second kappa shape index (κ2) is 7.93. The van der Waals surface area contributed by atoms with Crippen LogP contribution in [0, 0.1) is 5.41 Å². The van der Waals surface area contributed by atoms with Crippen molar-refractivity contribution in [3.63, 3.8) is 0 Å². The van der Waals surface area contributed by atoms with Gasteiger partial charge in [-0.1, -0.05) is 24.3 Å². The second-order valence-electron chi connectivity index (χ2n) is 4.02. The lowest BCUT2D eigenvalue weighted by molar-refractivity contribution is 0.151. The average molecular weight is 278 g/mol. The molecule has 0 heterocycles. The topological polar surface area (TPSA) is 74.6 Å². The smallest absolute Gasteiger partial charge is 0.263 e. The van der Waals surface area contributed by atoms with Crippen LogP contribution >= 0.6 is 0 Å². The van der Waals surface area contributed by atoms with Crippen molar-refractivity contribution in [1.82, 2.24) is 0 Å². The summed E-state index contributed by atoms with van der Waals surface area (Å²) in [5.41, 5.74) is 7.85. The van der Waals surface area contributed by atoms with Crippen molar-refractivity contribution < 1.29 is 8.78 Å². The van der Waals surface area contributed by atoms with Crippen LogP contribution in [0.3, 0.4) is 0 Å². The summed E-state index contributed by atoms with van der Waals surface area (Å²) in [6, 6.07) is 6.09. The summed E-state index contributed by atoms with van der Waals surface area (Å²) in [5, 5.41) is 6.74. The lowest BCUT2D eigenvalue weighted by Gasteiger charge is -2.07. The Hall–Kier alpha value is -2.37. The Kier molecular flexibility index (Phi) is 6.22. The van der Waals surface area contributed by atoms with E-state index >= 15 is 0 Å². The lowest BCUT2D eigenvalue weighted by atomic mass is 10.0. The van der Waals surface area contributed by atoms with Gasteiger partial charge in [0.1, 0.15) is 12.7 Å². The molecule has 106 valence electrons. The summed E-state index contributed by atoms with van der Waals surface area (Å²) in [7, 11) is 0. The van der Waals surface area contributed by atoms with E-state index < -0.39 is 6.43 Å². The zero-order valence-electron chi connectivity index (χ0n) is 11.1. The molecule has 0 radical (unpaired) electrons. The van der Waals surface area contributed by atoms with Gasteiger partial charge in [0.2, 0.25) is 0 Å². The molecule has 20 heavy (non-hydrogen) atoms. The van der Waals surface area contributed by atoms with Crippen LogP contribution in [-0.4, -0.2) is 18.4 Å². The predicted octanol–water partition coefficient (Wildman–Crippen LogP) is 3.11. The fraction of sp³-hybridized carbons (Fsp3) is 0.214. The number of hydrogen-bond donors (Lipinski definition) is 2. The van der Waals surface area contributed by atoms with Crippen molar-refractivity contribution in [2.75, 3.05) is 0 Å². The molecule has 0 aliphatic rings. The average Bonchev–Trinajstić information content (AvgIpc) is 2.45. The normalized spacial score (nSPS) is 13.2. The summed E-state index contributed by atoms with van der Waals surface area (Å²) in [6.45, 7) is 1.77. The van der Waals surface area contributed by atoms with Crippen LogP contribution in [0.25, 0.3) is 0 Å². The standard InChI is InChI=1S/C14H16F2N4/c1-10(20-9-19-8-18)13(7-17)6-11-2-4-12(5-3-11)14(15)16/h2-5,7-9,14,18H,6,17H2,1H3/b13-7+,18-8?,19-9+,20-10-. The Bertz CT molecular complexity index is 531. The Morgan fingerprint density at radius 2 is 2.00 bits per heavy atom. The minimum absolute atomic E-state index is 0.00414. The van der Waals surface area contributed by atoms with E-state index in [1.807, 2.05) is 0 Å². The van der Waals surface area contributed by atoms with Crippen LogP contribution < -0.4 is 5.73 Å². The third kappa shape index (κ3) is 4.72. The van der Waals surface area contributed by atoms with Gasteiger partial charge in [0.15, 0.2) is 0 Å². The van der Waals surface area contributed by atoms with Crippen LogP contribution in [0.4, 0.5) is 8.78 Å². The number of allylic oxidation sites excluding steroid dienone is 1. The van der Waals surface area contributed by atoms with Gasteiger partial charge in [-0.25, -0.2) is 18.8 Å². The van der Waals surface area contributed by atoms with Gasteiger partial charge in [0.05, 0.1) is 0 Å². The summed E-state index contributed by atoms with van der Waals surface area (Å²) in [4.78, 5) is 7.58. The largest absolute Gasteiger partial charge is 0.404 e. The first kappa shape index (κ1) is 15.7. The van der Waals surface area contributed by atoms with Crippen LogP contribution in [0.15, 0.2) is 46.0 Å². The molecule has 0 unspecified atom stereocenters. The van der Waals surface area contributed by atoms with Gasteiger partial charge < -0.3 is 5.73 Å². The molecule has 0 bridgehead atoms. The highest BCUT2D eigenvalue weighted by molar-refractivity contribution is 6.02. The zero-order chi connectivity index (χ0) is 15.0. The molecule has 3 N–H and O–H groups in total. The van der Waals surface area contributed by atoms with E-state index in [0.29, 0.717) is 12.1 Å². The van der Waals surface area contributed by atoms with Crippen LogP contribution in [0.5, 0.6) is 0 Å². The highest BCUT2D eigenvalue weighted by Gasteiger charge is 2.07. The molecule has 0 saturated carbocycles. The van der Waals surface area contributed by atoms with Crippen LogP contribution in [-0.2, 0) is 6.42 Å². The van der Waals surface area contributed by atoms with Crippen LogP contribution in [0.1, 0.15) is 24.5 Å². The quantitative estimate of drug-likeness (QED) is 0.609. The van der Waals surface area contributed by atoms with E-state index in [4.69, 9.17) is 11.1 Å². The molecular formula is C14H16F2N4. The van der Waals surface area contributed by atoms with Gasteiger partial charge in [0, 0.05) is 17.7 Å². The van der Waals surface area contributed by atoms with Crippen LogP contribution in [0.2, 0.25) is 0 Å². The predicted molar refractivity (Wildman–Crippen MR) is 77.8 cm³/mol. The molecule has 1 aromatic rings. The van der Waals surface area contributed by atoms with E-state index in [0.717, 1.165) is 17.5 Å². The highest BCUT2D eigenvalue weighted by atomic mass is 19.3. The summed E-state index contributed by atoms with van der Waals surface area (Å²) in [5.74, 6) is 0. The van der Waals surface area contributed by atoms with Gasteiger partial charge >= 0.3 is 0 Å². The van der Waals surface area contributed by atoms with Crippen molar-refractivity contribution in [3.8, 4) is 0 Å². The van der Waals surface area contributed by atoms with Gasteiger partial charge in [0.25, 0.3) is 6.43 Å². The molecule has 1 aromatic carbocycles. The van der Waals surface area contributed by atoms with Crippen molar-refractivity contribution in [3.05, 3.63) is 47.2 Å². The first-order valence-electron chi connectivity index (χ1n) is 5.91. The molecule has 6 heteroatoms. The summed E-state index contributed by atoms with van der Waals surface area (Å²) in [6.07, 6.45) is 1.60. The number of alkyl halides is 2. The molecule has 0 aliphatic heterocycles. The monoisotopic (exact) mass is 278 g/mol. The minimum atomic E-state index is -2.46. The number of nitrogens with two attached hydrogens (primary N) is 1. The Morgan fingerprint density at radius 1 is 1.35 bits per heavy atom. The van der Waals surface area contributed by atoms with Gasteiger partial charge in [-0.15, -0.1) is 0 Å². The molecule has 0 aliphatic carbocycles. The zero-order valence-corrected chi connectivity index (χ0v) is 11.1. The number of rotatable bonds is 6. The van der Waals surface area contributed by atoms with Crippen molar-refractivity contribution in [2.24, 2.45) is 15.7 Å². The molecule has 1 rings (SSSR count). The molecule has 0 fully saturated rings. The molecule has 0 amide bonds. The minimum Gasteiger partial charge on any atom is -0.404 e. The number of nitrogens with zero attached hydrogens (tertiary/aromatic N) is 2. The SMILES string of the molecule is CC(=N/C=N/C=N)/C(=C/N)Cc1ccc(C(F)F)cc1. The summed E-state index contributed by atoms with van der Waals surface area (Å²) >= 11 is 0. The maximum absolute atomic E-state index is 12.4. The molecule has 0 spiro atoms. The maximum Gasteiger partial charge on any atom is 0.263 e. The Morgan fingerprint density at radius 3 is 2.50 bits per heavy atom. The highest BCUT2D eigenvalue weighted by Crippen LogP contribution is 2.19. The van der Waals surface area contributed by atoms with E-state index in [9.17, 15) is 8.78 Å². The van der Waals surface area contributed by atoms with Crippen molar-refractivity contribution in [2.45, 2.75) is 19.8 Å². The third-order valence-electron chi connectivity index (χ3n) is 2.68. The molecule has 4 nitrogen and oxygen atoms in total. The third-order valence-corrected chi connectivity index (χ3v) is 2.68. The summed E-state index contributed by atoms with van der Waals surface area (Å²) < 4.78 is 24.9. The first-order chi connectivity index (χ1) is 9.58. The molecule has 0 saturated heterocycles. The number of hydrogen-bond acceptors (Lipinski definition) is 2. The van der Waals surface area contributed by atoms with E-state index in [-0.39, 0.29) is 5.56 Å². The Balaban J connectivity index is 2.81. The number of halogens is 2. The van der Waals surface area contributed by atoms with E-state index in [1.54, 1.807) is 19.1 Å². The first-order valence-corrected chi connectivity index (χ1v) is 5.91. The fourth-order valence-corrected chi connectivity index (χ4v) is 1.54. The van der Waals surface area contributed by atoms with Gasteiger partial charge in [-0.2, -0.15) is 0 Å². The van der Waals surface area contributed by atoms with Gasteiger partial charge in [-0.05, 0) is 24.3 Å². The second-order valence-corrected chi connectivity index (χ2v) is 4.02. The number of nitrogens with one attached hydrogen (secondary N) is 1. The lowest BCUT2D eigenvalue weighted by Crippen LogP contribution is -2.05. The fourth-order valence-electron chi connectivity index (χ4n) is 1.54. The van der Waals surface area contributed by atoms with Crippen molar-refractivity contribution >= 4 is 18.4 Å². The molecule has 0 atom stereocenters. The number of benzene rings is 1. The van der Waals surface area contributed by atoms with E-state index in [2.05, 4.69) is 9.98 Å². The Labute approximate surface area is 116 Å². The van der Waals surface area contributed by atoms with Crippen molar-refractivity contribution in [1.29, 1.82) is 5.41 Å². The number of aliphatic imine (C=N–C) groups is 2. The van der Waals surface area contributed by atoms with E-state index in [1.165, 1.54) is 24.7 Å². The maximum atomic E-state index is 12.4. The van der Waals surface area contributed by atoms with Gasteiger partial charge in [-0.3, -0.25) is 5.41 Å².